The van der Waals surface area contributed by atoms with E-state index in [0.29, 0.717) is 0 Å². The van der Waals surface area contributed by atoms with Gasteiger partial charge in [0.25, 0.3) is 0 Å². The predicted molar refractivity (Wildman–Crippen MR) is 191 cm³/mol. The average molecular weight is 695 g/mol. The van der Waals surface area contributed by atoms with E-state index in [4.69, 9.17) is 17.0 Å². The zero-order valence-electron chi connectivity index (χ0n) is 25.4. The SMILES string of the molecule is C[Si]C.Cc1[cH-]c2cccc(-c3ccccc3)c2c1C.Cc1cc2c(-c3cccc4ccccc34)cccc2[cH-]1.[Cl][Zr+2][Cl]. The van der Waals surface area contributed by atoms with Gasteiger partial charge in [-0.25, -0.2) is 0 Å². The molecule has 0 nitrogen and oxygen atoms in total. The van der Waals surface area contributed by atoms with Gasteiger partial charge in [-0.1, -0.05) is 130 Å². The first-order chi connectivity index (χ1) is 20.9. The van der Waals surface area contributed by atoms with Gasteiger partial charge in [-0.05, 0) is 21.9 Å². The fourth-order valence-electron chi connectivity index (χ4n) is 5.59. The van der Waals surface area contributed by atoms with E-state index in [1.165, 1.54) is 71.3 Å². The molecule has 0 bridgehead atoms. The Morgan fingerprint density at radius 1 is 0.581 bits per heavy atom. The maximum absolute atomic E-state index is 4.93. The van der Waals surface area contributed by atoms with Gasteiger partial charge in [0.2, 0.25) is 0 Å². The summed E-state index contributed by atoms with van der Waals surface area (Å²) in [5.74, 6) is 0. The summed E-state index contributed by atoms with van der Waals surface area (Å²) < 4.78 is 0. The maximum atomic E-state index is 4.93. The van der Waals surface area contributed by atoms with Crippen molar-refractivity contribution in [3.8, 4) is 22.3 Å². The summed E-state index contributed by atoms with van der Waals surface area (Å²) in [7, 11) is 11.0. The topological polar surface area (TPSA) is 0 Å². The van der Waals surface area contributed by atoms with E-state index in [1.807, 2.05) is 0 Å². The van der Waals surface area contributed by atoms with Gasteiger partial charge in [-0.15, -0.1) is 69.1 Å². The monoisotopic (exact) mass is 692 g/mol. The van der Waals surface area contributed by atoms with Gasteiger partial charge in [0.15, 0.2) is 0 Å². The molecule has 0 aliphatic heterocycles. The summed E-state index contributed by atoms with van der Waals surface area (Å²) in [6.07, 6.45) is 0. The molecule has 4 heteroatoms. The van der Waals surface area contributed by atoms with Gasteiger partial charge in [-0.3, -0.25) is 0 Å². The van der Waals surface area contributed by atoms with E-state index >= 15 is 0 Å². The molecule has 7 aromatic carbocycles. The van der Waals surface area contributed by atoms with Crippen LogP contribution in [-0.2, 0) is 20.8 Å². The van der Waals surface area contributed by atoms with Crippen LogP contribution >= 0.6 is 17.0 Å². The summed E-state index contributed by atoms with van der Waals surface area (Å²) in [6.45, 7) is 10.9. The van der Waals surface area contributed by atoms with Crippen molar-refractivity contribution in [3.05, 3.63) is 144 Å². The van der Waals surface area contributed by atoms with Crippen molar-refractivity contribution < 1.29 is 20.8 Å². The molecule has 0 atom stereocenters. The fourth-order valence-corrected chi connectivity index (χ4v) is 5.59. The molecule has 0 fully saturated rings. The van der Waals surface area contributed by atoms with Crippen LogP contribution in [0.4, 0.5) is 0 Å². The molecule has 0 saturated carbocycles. The standard InChI is InChI=1S/C20H15.C17H15.C2H6Si.2ClH.Zr/c1-14-12-16-8-5-11-19(20(16)13-14)18-10-4-7-15-6-2-3-9-17(15)18;1-12-11-15-9-6-10-16(17(15)13(12)2)14-7-4-3-5-8-14;1-3-2;;;/h2-13H,1H3;3-11H,1-2H3;1-2H3;2*1H;/q2*-1;;;;+4/p-2. The van der Waals surface area contributed by atoms with Crippen molar-refractivity contribution in [1.29, 1.82) is 0 Å². The van der Waals surface area contributed by atoms with Crippen LogP contribution in [0.2, 0.25) is 13.1 Å². The van der Waals surface area contributed by atoms with Gasteiger partial charge < -0.3 is 0 Å². The van der Waals surface area contributed by atoms with Crippen LogP contribution in [0.1, 0.15) is 16.7 Å². The van der Waals surface area contributed by atoms with E-state index in [2.05, 4.69) is 161 Å². The van der Waals surface area contributed by atoms with Gasteiger partial charge in [0.05, 0.1) is 0 Å². The van der Waals surface area contributed by atoms with E-state index in [1.54, 1.807) is 0 Å². The number of benzene rings is 5. The summed E-state index contributed by atoms with van der Waals surface area (Å²) in [4.78, 5) is 0. The normalized spacial score (nSPS) is 10.2. The van der Waals surface area contributed by atoms with Gasteiger partial charge >= 0.3 is 37.9 Å². The average Bonchev–Trinajstić information content (AvgIpc) is 3.56. The van der Waals surface area contributed by atoms with E-state index in [-0.39, 0.29) is 0 Å². The molecule has 0 unspecified atom stereocenters. The molecular weight excluding hydrogens is 659 g/mol. The molecule has 0 amide bonds. The molecule has 7 aromatic rings. The van der Waals surface area contributed by atoms with Crippen molar-refractivity contribution in [2.24, 2.45) is 0 Å². The fraction of sp³-hybridized carbons (Fsp3) is 0.128. The summed E-state index contributed by atoms with van der Waals surface area (Å²) in [5.41, 5.74) is 9.39. The molecule has 0 N–H and O–H groups in total. The predicted octanol–water partition coefficient (Wildman–Crippen LogP) is 12.7. The third kappa shape index (κ3) is 8.05. The molecule has 0 heterocycles. The summed E-state index contributed by atoms with van der Waals surface area (Å²) in [5, 5.41) is 8.04. The number of rotatable bonds is 2. The molecule has 0 aromatic heterocycles. The van der Waals surface area contributed by atoms with Crippen LogP contribution in [0.25, 0.3) is 54.6 Å². The first-order valence-corrected chi connectivity index (χ1v) is 22.7. The molecule has 2 radical (unpaired) electrons. The number of halogens is 2. The molecule has 43 heavy (non-hydrogen) atoms. The molecule has 0 spiro atoms. The first-order valence-electron chi connectivity index (χ1n) is 14.3. The minimum absolute atomic E-state index is 0.826. The third-order valence-corrected chi connectivity index (χ3v) is 7.49. The Balaban J connectivity index is 0.000000168. The van der Waals surface area contributed by atoms with Crippen LogP contribution in [-0.4, -0.2) is 9.52 Å². The zero-order chi connectivity index (χ0) is 30.8. The Bertz CT molecular complexity index is 1890. The second-order valence-electron chi connectivity index (χ2n) is 10.5. The quantitative estimate of drug-likeness (QED) is 0.125. The van der Waals surface area contributed by atoms with Crippen LogP contribution in [0, 0.1) is 20.8 Å². The van der Waals surface area contributed by atoms with Crippen LogP contribution < -0.4 is 0 Å². The Labute approximate surface area is 277 Å². The van der Waals surface area contributed by atoms with Crippen molar-refractivity contribution in [3.63, 3.8) is 0 Å². The Morgan fingerprint density at radius 2 is 1.12 bits per heavy atom. The van der Waals surface area contributed by atoms with Crippen LogP contribution in [0.5, 0.6) is 0 Å². The third-order valence-electron chi connectivity index (χ3n) is 7.49. The van der Waals surface area contributed by atoms with E-state index < -0.39 is 20.8 Å². The second-order valence-corrected chi connectivity index (χ2v) is 15.3. The van der Waals surface area contributed by atoms with E-state index in [0.717, 1.165) is 9.52 Å². The number of hydrogen-bond donors (Lipinski definition) is 0. The van der Waals surface area contributed by atoms with Crippen molar-refractivity contribution in [2.45, 2.75) is 33.9 Å². The van der Waals surface area contributed by atoms with E-state index in [9.17, 15) is 0 Å². The van der Waals surface area contributed by atoms with Gasteiger partial charge in [0.1, 0.15) is 0 Å². The number of hydrogen-bond acceptors (Lipinski definition) is 0. The van der Waals surface area contributed by atoms with Crippen LogP contribution in [0.3, 0.4) is 0 Å². The Kier molecular flexibility index (Phi) is 12.6. The zero-order valence-corrected chi connectivity index (χ0v) is 30.4. The van der Waals surface area contributed by atoms with Crippen LogP contribution in [0.15, 0.2) is 127 Å². The Hall–Kier alpha value is -2.74. The first kappa shape index (κ1) is 33.2. The van der Waals surface area contributed by atoms with Crippen molar-refractivity contribution >= 4 is 58.9 Å². The Morgan fingerprint density at radius 3 is 1.81 bits per heavy atom. The molecule has 0 saturated heterocycles. The summed E-state index contributed by atoms with van der Waals surface area (Å²) >= 11 is -0.826. The molecule has 0 aliphatic carbocycles. The number of fused-ring (bicyclic) bond motifs is 3. The second kappa shape index (κ2) is 16.4. The molecular formula is C39H36Cl2SiZr. The molecule has 0 aliphatic rings. The van der Waals surface area contributed by atoms with Gasteiger partial charge in [-0.2, -0.15) is 11.6 Å². The molecule has 7 rings (SSSR count). The molecule has 214 valence electrons. The van der Waals surface area contributed by atoms with Gasteiger partial charge in [0, 0.05) is 9.52 Å². The summed E-state index contributed by atoms with van der Waals surface area (Å²) in [6, 6.07) is 45.7. The minimum atomic E-state index is -0.826. The number of aryl methyl sites for hydroxylation is 3. The van der Waals surface area contributed by atoms with Crippen molar-refractivity contribution in [1.82, 2.24) is 0 Å². The van der Waals surface area contributed by atoms with Crippen molar-refractivity contribution in [2.75, 3.05) is 0 Å².